The molecule has 5 rings (SSSR count). The number of allylic oxidation sites excluding steroid dienone is 1. The van der Waals surface area contributed by atoms with Crippen LogP contribution in [0.3, 0.4) is 0 Å². The Labute approximate surface area is 230 Å². The van der Waals surface area contributed by atoms with Crippen LogP contribution in [0.1, 0.15) is 53.7 Å². The van der Waals surface area contributed by atoms with E-state index in [1.807, 2.05) is 6.08 Å². The van der Waals surface area contributed by atoms with Crippen molar-refractivity contribution < 1.29 is 27.9 Å². The summed E-state index contributed by atoms with van der Waals surface area (Å²) in [6.45, 7) is 0.844. The summed E-state index contributed by atoms with van der Waals surface area (Å²) in [6, 6.07) is 17.8. The number of rotatable bonds is 6. The van der Waals surface area contributed by atoms with Crippen LogP contribution in [0.2, 0.25) is 0 Å². The Morgan fingerprint density at radius 3 is 2.27 bits per heavy atom. The van der Waals surface area contributed by atoms with Crippen LogP contribution >= 0.6 is 0 Å². The lowest BCUT2D eigenvalue weighted by Gasteiger charge is -2.29. The summed E-state index contributed by atoms with van der Waals surface area (Å²) in [5, 5.41) is 8.66. The topological polar surface area (TPSA) is 88.1 Å². The van der Waals surface area contributed by atoms with Crippen LogP contribution in [-0.2, 0) is 14.3 Å². The molecule has 1 aliphatic carbocycles. The van der Waals surface area contributed by atoms with Crippen molar-refractivity contribution >= 4 is 35.3 Å². The molecule has 3 aromatic carbocycles. The van der Waals surface area contributed by atoms with Gasteiger partial charge in [-0.25, -0.2) is 18.6 Å². The van der Waals surface area contributed by atoms with E-state index in [1.165, 1.54) is 48.3 Å². The predicted molar refractivity (Wildman–Crippen MR) is 146 cm³/mol. The number of carbonyl (C=O) groups excluding carboxylic acids is 3. The van der Waals surface area contributed by atoms with Gasteiger partial charge >= 0.3 is 5.97 Å². The first-order chi connectivity index (χ1) is 19.3. The third-order valence-electron chi connectivity index (χ3n) is 6.95. The van der Waals surface area contributed by atoms with Gasteiger partial charge in [-0.3, -0.25) is 9.59 Å². The van der Waals surface area contributed by atoms with E-state index in [2.05, 4.69) is 5.32 Å². The molecule has 1 fully saturated rings. The van der Waals surface area contributed by atoms with Gasteiger partial charge in [-0.2, -0.15) is 5.10 Å². The highest BCUT2D eigenvalue weighted by Crippen LogP contribution is 2.44. The van der Waals surface area contributed by atoms with Gasteiger partial charge in [0.2, 0.25) is 5.91 Å². The molecule has 0 saturated heterocycles. The first-order valence-electron chi connectivity index (χ1n) is 13.0. The zero-order valence-electron chi connectivity index (χ0n) is 21.8. The second-order valence-electron chi connectivity index (χ2n) is 9.77. The maximum absolute atomic E-state index is 13.7. The molecule has 2 aliphatic rings. The van der Waals surface area contributed by atoms with Gasteiger partial charge in [0, 0.05) is 18.5 Å². The lowest BCUT2D eigenvalue weighted by Crippen LogP contribution is -2.34. The molecular weight excluding hydrogens is 516 g/mol. The summed E-state index contributed by atoms with van der Waals surface area (Å²) < 4.78 is 32.5. The van der Waals surface area contributed by atoms with Crippen LogP contribution in [0.15, 0.2) is 83.5 Å². The summed E-state index contributed by atoms with van der Waals surface area (Å²) in [7, 11) is 0. The van der Waals surface area contributed by atoms with E-state index in [0.717, 1.165) is 41.7 Å². The number of nitrogens with one attached hydrogen (secondary N) is 1. The Morgan fingerprint density at radius 1 is 0.975 bits per heavy atom. The molecule has 2 unspecified atom stereocenters. The Bertz CT molecular complexity index is 1480. The lowest BCUT2D eigenvalue weighted by molar-refractivity contribution is -0.137. The molecule has 0 radical (unpaired) electrons. The molecule has 9 heteroatoms. The Hall–Kier alpha value is -4.66. The Kier molecular flexibility index (Phi) is 7.82. The molecule has 7 nitrogen and oxygen atoms in total. The average molecular weight is 544 g/mol. The van der Waals surface area contributed by atoms with Gasteiger partial charge in [-0.05, 0) is 90.6 Å². The van der Waals surface area contributed by atoms with Gasteiger partial charge in [-0.15, -0.1) is 0 Å². The number of hydrazone groups is 1. The van der Waals surface area contributed by atoms with Crippen molar-refractivity contribution in [2.75, 3.05) is 11.9 Å². The fourth-order valence-corrected chi connectivity index (χ4v) is 5.13. The fourth-order valence-electron chi connectivity index (χ4n) is 5.13. The number of hydrogen-bond donors (Lipinski definition) is 1. The quantitative estimate of drug-likeness (QED) is 0.392. The molecule has 1 aliphatic heterocycles. The number of ether oxygens (including phenoxy) is 1. The van der Waals surface area contributed by atoms with Crippen LogP contribution in [0, 0.1) is 17.6 Å². The van der Waals surface area contributed by atoms with Gasteiger partial charge in [0.1, 0.15) is 11.6 Å². The number of nitrogens with zero attached hydrogens (tertiary/aromatic N) is 2. The van der Waals surface area contributed by atoms with Gasteiger partial charge < -0.3 is 10.1 Å². The minimum atomic E-state index is -0.692. The zero-order valence-corrected chi connectivity index (χ0v) is 21.8. The smallest absolute Gasteiger partial charge is 0.338 e. The van der Waals surface area contributed by atoms with Crippen molar-refractivity contribution in [2.45, 2.75) is 32.2 Å². The Balaban J connectivity index is 1.38. The van der Waals surface area contributed by atoms with E-state index < -0.39 is 24.5 Å². The molecule has 0 bridgehead atoms. The van der Waals surface area contributed by atoms with Crippen molar-refractivity contribution in [2.24, 2.45) is 11.0 Å². The molecule has 40 heavy (non-hydrogen) atoms. The first kappa shape index (κ1) is 26.9. The SMILES string of the molecule is CC(=O)Nc1ccc(C(=O)OCC(=O)N2N=C3C(=Cc4ccc(F)cc4)CCCC3C2c2ccc(F)cc2)cc1. The summed E-state index contributed by atoms with van der Waals surface area (Å²) in [4.78, 5) is 37.2. The lowest BCUT2D eigenvalue weighted by atomic mass is 9.77. The molecule has 1 N–H and O–H groups in total. The monoisotopic (exact) mass is 543 g/mol. The van der Waals surface area contributed by atoms with E-state index in [1.54, 1.807) is 36.4 Å². The number of carbonyl (C=O) groups is 3. The fraction of sp³-hybridized carbons (Fsp3) is 0.226. The molecule has 3 aromatic rings. The molecule has 1 heterocycles. The van der Waals surface area contributed by atoms with Crippen molar-refractivity contribution in [1.82, 2.24) is 5.01 Å². The van der Waals surface area contributed by atoms with E-state index in [4.69, 9.17) is 9.84 Å². The standard InChI is InChI=1S/C31H27F2N3O4/c1-19(37)34-26-15-9-22(10-16-26)31(39)40-18-28(38)36-30(21-7-13-25(33)14-8-21)27-4-2-3-23(29(27)35-36)17-20-5-11-24(32)12-6-20/h5-17,27,30H,2-4,18H2,1H3,(H,34,37). The van der Waals surface area contributed by atoms with Gasteiger partial charge in [0.25, 0.3) is 5.91 Å². The van der Waals surface area contributed by atoms with E-state index >= 15 is 0 Å². The van der Waals surface area contributed by atoms with Crippen molar-refractivity contribution in [1.29, 1.82) is 0 Å². The third kappa shape index (κ3) is 5.98. The van der Waals surface area contributed by atoms with Crippen LogP contribution in [0.5, 0.6) is 0 Å². The van der Waals surface area contributed by atoms with E-state index in [9.17, 15) is 23.2 Å². The second-order valence-corrected chi connectivity index (χ2v) is 9.77. The number of benzene rings is 3. The number of hydrogen-bond acceptors (Lipinski definition) is 5. The van der Waals surface area contributed by atoms with Crippen molar-refractivity contribution in [3.8, 4) is 0 Å². The predicted octanol–water partition coefficient (Wildman–Crippen LogP) is 5.90. The number of esters is 1. The van der Waals surface area contributed by atoms with Gasteiger partial charge in [0.15, 0.2) is 6.61 Å². The van der Waals surface area contributed by atoms with Gasteiger partial charge in [0.05, 0.1) is 17.3 Å². The average Bonchev–Trinajstić information content (AvgIpc) is 3.34. The van der Waals surface area contributed by atoms with Crippen LogP contribution in [0.25, 0.3) is 6.08 Å². The highest BCUT2D eigenvalue weighted by atomic mass is 19.1. The maximum Gasteiger partial charge on any atom is 0.338 e. The highest BCUT2D eigenvalue weighted by molar-refractivity contribution is 6.08. The van der Waals surface area contributed by atoms with Crippen molar-refractivity contribution in [3.05, 3.63) is 107 Å². The number of anilines is 1. The first-order valence-corrected chi connectivity index (χ1v) is 13.0. The normalized spacial score (nSPS) is 19.1. The van der Waals surface area contributed by atoms with Gasteiger partial charge in [-0.1, -0.05) is 24.3 Å². The molecule has 2 amide bonds. The van der Waals surface area contributed by atoms with E-state index in [-0.39, 0.29) is 29.0 Å². The molecule has 0 spiro atoms. The highest BCUT2D eigenvalue weighted by Gasteiger charge is 2.43. The summed E-state index contributed by atoms with van der Waals surface area (Å²) in [6.07, 6.45) is 4.32. The molecular formula is C31H27F2N3O4. The zero-order chi connectivity index (χ0) is 28.2. The molecule has 2 atom stereocenters. The summed E-state index contributed by atoms with van der Waals surface area (Å²) in [5.74, 6) is -2.29. The number of amides is 2. The summed E-state index contributed by atoms with van der Waals surface area (Å²) in [5.41, 5.74) is 3.99. The molecule has 1 saturated carbocycles. The maximum atomic E-state index is 13.7. The molecule has 0 aromatic heterocycles. The number of fused-ring (bicyclic) bond motifs is 1. The van der Waals surface area contributed by atoms with Crippen LogP contribution < -0.4 is 5.32 Å². The van der Waals surface area contributed by atoms with Crippen LogP contribution in [0.4, 0.5) is 14.5 Å². The van der Waals surface area contributed by atoms with Crippen LogP contribution in [-0.4, -0.2) is 35.1 Å². The number of halogens is 2. The Morgan fingerprint density at radius 2 is 1.62 bits per heavy atom. The summed E-state index contributed by atoms with van der Waals surface area (Å²) >= 11 is 0. The third-order valence-corrected chi connectivity index (χ3v) is 6.95. The van der Waals surface area contributed by atoms with Crippen molar-refractivity contribution in [3.63, 3.8) is 0 Å². The molecule has 204 valence electrons. The van der Waals surface area contributed by atoms with E-state index in [0.29, 0.717) is 5.69 Å². The minimum absolute atomic E-state index is 0.133. The minimum Gasteiger partial charge on any atom is -0.452 e. The second kappa shape index (κ2) is 11.6. The largest absolute Gasteiger partial charge is 0.452 e.